The average molecular weight is 348 g/mol. The highest BCUT2D eigenvalue weighted by Crippen LogP contribution is 2.38. The van der Waals surface area contributed by atoms with Crippen LogP contribution in [0, 0.1) is 11.8 Å². The molecule has 1 aliphatic carbocycles. The summed E-state index contributed by atoms with van der Waals surface area (Å²) in [5.74, 6) is 5.64. The van der Waals surface area contributed by atoms with Gasteiger partial charge in [0, 0.05) is 12.0 Å². The molecular formula is C23H24O3. The number of phenols is 1. The highest BCUT2D eigenvalue weighted by Gasteiger charge is 2.29. The van der Waals surface area contributed by atoms with Gasteiger partial charge in [0.25, 0.3) is 0 Å². The van der Waals surface area contributed by atoms with Crippen LogP contribution in [0.25, 0.3) is 0 Å². The van der Waals surface area contributed by atoms with Crippen LogP contribution in [0.4, 0.5) is 0 Å². The van der Waals surface area contributed by atoms with E-state index < -0.39 is 5.97 Å². The molecule has 3 heteroatoms. The topological polar surface area (TPSA) is 46.5 Å². The lowest BCUT2D eigenvalue weighted by atomic mass is 9.70. The molecule has 0 saturated heterocycles. The number of methoxy groups -OCH3 is 1. The van der Waals surface area contributed by atoms with E-state index in [1.807, 2.05) is 0 Å². The lowest BCUT2D eigenvalue weighted by molar-refractivity contribution is 0.0597. The van der Waals surface area contributed by atoms with E-state index in [9.17, 15) is 9.90 Å². The van der Waals surface area contributed by atoms with Crippen molar-refractivity contribution in [1.82, 2.24) is 0 Å². The van der Waals surface area contributed by atoms with Crippen LogP contribution in [0.2, 0.25) is 0 Å². The van der Waals surface area contributed by atoms with Crippen molar-refractivity contribution in [2.45, 2.75) is 44.9 Å². The van der Waals surface area contributed by atoms with Crippen LogP contribution in [0.3, 0.4) is 0 Å². The van der Waals surface area contributed by atoms with Crippen molar-refractivity contribution in [3.05, 3.63) is 64.2 Å². The maximum Gasteiger partial charge on any atom is 0.341 e. The van der Waals surface area contributed by atoms with Gasteiger partial charge in [-0.15, -0.1) is 0 Å². The molecular weight excluding hydrogens is 324 g/mol. The molecule has 0 spiro atoms. The molecule has 134 valence electrons. The van der Waals surface area contributed by atoms with E-state index in [0.717, 1.165) is 6.42 Å². The summed E-state index contributed by atoms with van der Waals surface area (Å²) < 4.78 is 4.63. The molecule has 1 N–H and O–H groups in total. The van der Waals surface area contributed by atoms with Gasteiger partial charge in [0.05, 0.1) is 7.11 Å². The first kappa shape index (κ1) is 18.1. The highest BCUT2D eigenvalue weighted by molar-refractivity contribution is 5.92. The Labute approximate surface area is 155 Å². The number of carbonyl (C=O) groups is 1. The first-order chi connectivity index (χ1) is 12.4. The first-order valence-electron chi connectivity index (χ1n) is 8.94. The maximum atomic E-state index is 11.5. The number of benzene rings is 2. The molecule has 2 aromatic rings. The highest BCUT2D eigenvalue weighted by atomic mass is 16.5. The van der Waals surface area contributed by atoms with Gasteiger partial charge >= 0.3 is 5.97 Å². The monoisotopic (exact) mass is 348 g/mol. The molecule has 0 saturated carbocycles. The van der Waals surface area contributed by atoms with Crippen molar-refractivity contribution in [3.8, 4) is 17.6 Å². The second-order valence-electron chi connectivity index (χ2n) is 7.39. The Balaban J connectivity index is 1.84. The van der Waals surface area contributed by atoms with E-state index in [2.05, 4.69) is 48.6 Å². The van der Waals surface area contributed by atoms with Crippen LogP contribution in [0.15, 0.2) is 36.4 Å². The average Bonchev–Trinajstić information content (AvgIpc) is 2.61. The fraction of sp³-hybridized carbons (Fsp3) is 0.348. The van der Waals surface area contributed by atoms with E-state index in [-0.39, 0.29) is 16.7 Å². The molecule has 0 fully saturated rings. The van der Waals surface area contributed by atoms with Crippen LogP contribution in [-0.2, 0) is 23.0 Å². The molecule has 0 heterocycles. The fourth-order valence-corrected chi connectivity index (χ4v) is 3.86. The Kier molecular flexibility index (Phi) is 5.04. The first-order valence-corrected chi connectivity index (χ1v) is 8.94. The molecule has 0 atom stereocenters. The number of fused-ring (bicyclic) bond motifs is 1. The zero-order valence-electron chi connectivity index (χ0n) is 15.6. The van der Waals surface area contributed by atoms with Crippen LogP contribution < -0.4 is 0 Å². The molecule has 0 aliphatic heterocycles. The minimum absolute atomic E-state index is 0.109. The van der Waals surface area contributed by atoms with Gasteiger partial charge in [-0.1, -0.05) is 43.9 Å². The second kappa shape index (κ2) is 7.25. The van der Waals surface area contributed by atoms with Crippen molar-refractivity contribution >= 4 is 5.97 Å². The SMILES string of the molecule is COC(=O)c1ccc(C#CCc2cccc3c2C(C)(C)CCC3)cc1O. The van der Waals surface area contributed by atoms with Gasteiger partial charge in [0.15, 0.2) is 0 Å². The summed E-state index contributed by atoms with van der Waals surface area (Å²) in [7, 11) is 1.29. The zero-order valence-corrected chi connectivity index (χ0v) is 15.6. The lowest BCUT2D eigenvalue weighted by Crippen LogP contribution is -2.25. The smallest absolute Gasteiger partial charge is 0.341 e. The fourth-order valence-electron chi connectivity index (χ4n) is 3.86. The van der Waals surface area contributed by atoms with E-state index >= 15 is 0 Å². The Bertz CT molecular complexity index is 897. The Morgan fingerprint density at radius 3 is 2.81 bits per heavy atom. The number of hydrogen-bond donors (Lipinski definition) is 1. The van der Waals surface area contributed by atoms with E-state index in [4.69, 9.17) is 0 Å². The number of carbonyl (C=O) groups excluding carboxylic acids is 1. The predicted molar refractivity (Wildman–Crippen MR) is 102 cm³/mol. The molecule has 0 bridgehead atoms. The molecule has 1 aliphatic rings. The largest absolute Gasteiger partial charge is 0.507 e. The summed E-state index contributed by atoms with van der Waals surface area (Å²) in [6.07, 6.45) is 4.25. The van der Waals surface area contributed by atoms with Gasteiger partial charge in [0.1, 0.15) is 11.3 Å². The number of esters is 1. The predicted octanol–water partition coefficient (Wildman–Crippen LogP) is 4.39. The lowest BCUT2D eigenvalue weighted by Gasteiger charge is -2.34. The summed E-state index contributed by atoms with van der Waals surface area (Å²) in [4.78, 5) is 11.5. The van der Waals surface area contributed by atoms with Crippen molar-refractivity contribution in [3.63, 3.8) is 0 Å². The van der Waals surface area contributed by atoms with Gasteiger partial charge in [-0.05, 0) is 59.6 Å². The van der Waals surface area contributed by atoms with Gasteiger partial charge in [-0.2, -0.15) is 0 Å². The van der Waals surface area contributed by atoms with Gasteiger partial charge in [-0.25, -0.2) is 4.79 Å². The third-order valence-electron chi connectivity index (χ3n) is 5.08. The molecule has 0 amide bonds. The Hall–Kier alpha value is -2.73. The van der Waals surface area contributed by atoms with Crippen molar-refractivity contribution in [2.24, 2.45) is 0 Å². The minimum atomic E-state index is -0.555. The number of phenolic OH excluding ortho intramolecular Hbond substituents is 1. The van der Waals surface area contributed by atoms with E-state index in [1.54, 1.807) is 12.1 Å². The third-order valence-corrected chi connectivity index (χ3v) is 5.08. The second-order valence-corrected chi connectivity index (χ2v) is 7.39. The zero-order chi connectivity index (χ0) is 18.7. The number of hydrogen-bond acceptors (Lipinski definition) is 3. The van der Waals surface area contributed by atoms with Crippen LogP contribution >= 0.6 is 0 Å². The number of ether oxygens (including phenoxy) is 1. The van der Waals surface area contributed by atoms with E-state index in [1.165, 1.54) is 42.7 Å². The number of aryl methyl sites for hydroxylation is 1. The van der Waals surface area contributed by atoms with Crippen molar-refractivity contribution < 1.29 is 14.6 Å². The normalized spacial score (nSPS) is 14.7. The van der Waals surface area contributed by atoms with E-state index in [0.29, 0.717) is 12.0 Å². The number of aromatic hydroxyl groups is 1. The summed E-state index contributed by atoms with van der Waals surface area (Å²) in [5.41, 5.74) is 5.20. The van der Waals surface area contributed by atoms with Crippen LogP contribution in [0.5, 0.6) is 5.75 Å². The summed E-state index contributed by atoms with van der Waals surface area (Å²) in [6.45, 7) is 4.62. The Morgan fingerprint density at radius 1 is 1.27 bits per heavy atom. The van der Waals surface area contributed by atoms with Crippen LogP contribution in [0.1, 0.15) is 59.3 Å². The minimum Gasteiger partial charge on any atom is -0.507 e. The van der Waals surface area contributed by atoms with Gasteiger partial charge in [0.2, 0.25) is 0 Å². The number of rotatable bonds is 2. The molecule has 0 aromatic heterocycles. The summed E-state index contributed by atoms with van der Waals surface area (Å²) in [5, 5.41) is 9.97. The Morgan fingerprint density at radius 2 is 2.08 bits per heavy atom. The van der Waals surface area contributed by atoms with Gasteiger partial charge in [-0.3, -0.25) is 0 Å². The van der Waals surface area contributed by atoms with Crippen molar-refractivity contribution in [1.29, 1.82) is 0 Å². The molecule has 0 unspecified atom stereocenters. The summed E-state index contributed by atoms with van der Waals surface area (Å²) >= 11 is 0. The molecule has 26 heavy (non-hydrogen) atoms. The summed E-state index contributed by atoms with van der Waals surface area (Å²) in [6, 6.07) is 11.3. The molecule has 0 radical (unpaired) electrons. The molecule has 2 aromatic carbocycles. The van der Waals surface area contributed by atoms with Gasteiger partial charge < -0.3 is 9.84 Å². The standard InChI is InChI=1S/C23H24O3/c1-23(2)14-6-11-18-10-5-9-17(21(18)23)8-4-7-16-12-13-19(20(24)15-16)22(25)26-3/h5,9-10,12-13,15,24H,6,8,11,14H2,1-3H3. The maximum absolute atomic E-state index is 11.5. The molecule has 3 nitrogen and oxygen atoms in total. The third kappa shape index (κ3) is 3.60. The quantitative estimate of drug-likeness (QED) is 0.647. The van der Waals surface area contributed by atoms with Crippen LogP contribution in [-0.4, -0.2) is 18.2 Å². The molecule has 3 rings (SSSR count). The van der Waals surface area contributed by atoms with Crippen molar-refractivity contribution in [2.75, 3.05) is 7.11 Å².